The predicted molar refractivity (Wildman–Crippen MR) is 90.7 cm³/mol. The largest absolute Gasteiger partial charge is 0.496 e. The third-order valence-corrected chi connectivity index (χ3v) is 4.23. The summed E-state index contributed by atoms with van der Waals surface area (Å²) in [6, 6.07) is 15.6. The Morgan fingerprint density at radius 1 is 1.13 bits per heavy atom. The molecule has 5 heteroatoms. The number of nitrogens with zero attached hydrogens (tertiary/aromatic N) is 1. The van der Waals surface area contributed by atoms with Crippen LogP contribution in [-0.4, -0.2) is 17.1 Å². The van der Waals surface area contributed by atoms with Gasteiger partial charge in [-0.25, -0.2) is 4.98 Å². The van der Waals surface area contributed by atoms with Gasteiger partial charge in [-0.2, -0.15) is 0 Å². The molecule has 0 bridgehead atoms. The lowest BCUT2D eigenvalue weighted by atomic mass is 10.0. The lowest BCUT2D eigenvalue weighted by Gasteiger charge is -2.20. The van der Waals surface area contributed by atoms with Crippen LogP contribution < -0.4 is 9.47 Å². The van der Waals surface area contributed by atoms with Crippen LogP contribution >= 0.6 is 12.2 Å². The highest BCUT2D eigenvalue weighted by atomic mass is 32.1. The molecule has 23 heavy (non-hydrogen) atoms. The number of H-pyrrole nitrogens is 1. The number of para-hydroxylation sites is 2. The zero-order chi connectivity index (χ0) is 15.8. The molecule has 3 aromatic rings. The molecule has 1 aliphatic heterocycles. The quantitative estimate of drug-likeness (QED) is 0.552. The van der Waals surface area contributed by atoms with Crippen molar-refractivity contribution in [1.82, 2.24) is 9.97 Å². The second kappa shape index (κ2) is 5.52. The van der Waals surface area contributed by atoms with E-state index < -0.39 is 0 Å². The summed E-state index contributed by atoms with van der Waals surface area (Å²) in [5.74, 6) is 2.89. The van der Waals surface area contributed by atoms with Crippen molar-refractivity contribution in [2.45, 2.75) is 6.42 Å². The summed E-state index contributed by atoms with van der Waals surface area (Å²) >= 11 is 5.48. The molecule has 0 saturated carbocycles. The molecule has 1 N–H and O–H groups in total. The maximum absolute atomic E-state index is 5.99. The van der Waals surface area contributed by atoms with Gasteiger partial charge in [0, 0.05) is 6.42 Å². The number of rotatable bonds is 2. The Kier molecular flexibility index (Phi) is 3.35. The lowest BCUT2D eigenvalue weighted by Crippen LogP contribution is -2.08. The molecule has 2 heterocycles. The topological polar surface area (TPSA) is 47.1 Å². The van der Waals surface area contributed by atoms with E-state index in [1.165, 1.54) is 0 Å². The van der Waals surface area contributed by atoms with Gasteiger partial charge in [0.2, 0.25) is 5.88 Å². The first kappa shape index (κ1) is 14.0. The average Bonchev–Trinajstić information content (AvgIpc) is 2.60. The van der Waals surface area contributed by atoms with Crippen LogP contribution in [-0.2, 0) is 6.42 Å². The number of aromatic nitrogens is 2. The van der Waals surface area contributed by atoms with Crippen molar-refractivity contribution in [3.05, 3.63) is 64.3 Å². The summed E-state index contributed by atoms with van der Waals surface area (Å²) in [4.78, 5) is 7.80. The Labute approximate surface area is 138 Å². The van der Waals surface area contributed by atoms with Gasteiger partial charge in [-0.1, -0.05) is 42.5 Å². The van der Waals surface area contributed by atoms with Gasteiger partial charge in [0.05, 0.1) is 18.2 Å². The first-order valence-corrected chi connectivity index (χ1v) is 7.69. The molecule has 1 aromatic heterocycles. The molecule has 114 valence electrons. The van der Waals surface area contributed by atoms with E-state index in [1.807, 2.05) is 48.5 Å². The molecule has 0 amide bonds. The van der Waals surface area contributed by atoms with Crippen molar-refractivity contribution in [2.24, 2.45) is 0 Å². The minimum atomic E-state index is 0.550. The van der Waals surface area contributed by atoms with E-state index in [4.69, 9.17) is 21.7 Å². The maximum Gasteiger partial charge on any atom is 0.205 e. The number of fused-ring (bicyclic) bond motifs is 2. The van der Waals surface area contributed by atoms with Crippen LogP contribution in [0, 0.1) is 4.64 Å². The Hall–Kier alpha value is -2.66. The summed E-state index contributed by atoms with van der Waals surface area (Å²) in [6.07, 6.45) is 0.722. The van der Waals surface area contributed by atoms with Crippen LogP contribution in [0.1, 0.15) is 11.1 Å². The van der Waals surface area contributed by atoms with Crippen LogP contribution in [0.25, 0.3) is 11.4 Å². The molecule has 1 aliphatic rings. The van der Waals surface area contributed by atoms with Crippen molar-refractivity contribution in [1.29, 1.82) is 0 Å². The Bertz CT molecular complexity index is 950. The summed E-state index contributed by atoms with van der Waals surface area (Å²) < 4.78 is 11.9. The van der Waals surface area contributed by atoms with Crippen LogP contribution in [0.5, 0.6) is 17.4 Å². The van der Waals surface area contributed by atoms with E-state index in [-0.39, 0.29) is 0 Å². The summed E-state index contributed by atoms with van der Waals surface area (Å²) in [5.41, 5.74) is 2.88. The molecule has 4 nitrogen and oxygen atoms in total. The number of methoxy groups -OCH3 is 1. The van der Waals surface area contributed by atoms with E-state index in [0.717, 1.165) is 34.6 Å². The lowest BCUT2D eigenvalue weighted by molar-refractivity contribution is 0.415. The summed E-state index contributed by atoms with van der Waals surface area (Å²) in [7, 11) is 1.64. The highest BCUT2D eigenvalue weighted by Crippen LogP contribution is 2.37. The first-order valence-electron chi connectivity index (χ1n) is 7.28. The van der Waals surface area contributed by atoms with Crippen molar-refractivity contribution < 1.29 is 9.47 Å². The van der Waals surface area contributed by atoms with Gasteiger partial charge < -0.3 is 14.5 Å². The molecule has 0 fully saturated rings. The van der Waals surface area contributed by atoms with Gasteiger partial charge >= 0.3 is 0 Å². The van der Waals surface area contributed by atoms with Crippen molar-refractivity contribution >= 4 is 12.2 Å². The number of benzene rings is 2. The fourth-order valence-electron chi connectivity index (χ4n) is 2.74. The predicted octanol–water partition coefficient (Wildman–Crippen LogP) is 4.51. The zero-order valence-electron chi connectivity index (χ0n) is 12.5. The molecule has 2 aromatic carbocycles. The van der Waals surface area contributed by atoms with Gasteiger partial charge in [-0.15, -0.1) is 0 Å². The van der Waals surface area contributed by atoms with Gasteiger partial charge in [-0.05, 0) is 23.8 Å². The molecule has 0 saturated heterocycles. The number of ether oxygens (including phenoxy) is 2. The van der Waals surface area contributed by atoms with E-state index in [9.17, 15) is 0 Å². The Morgan fingerprint density at radius 2 is 1.91 bits per heavy atom. The normalized spacial score (nSPS) is 12.0. The smallest absolute Gasteiger partial charge is 0.205 e. The second-order valence-corrected chi connectivity index (χ2v) is 5.67. The number of aromatic amines is 1. The highest BCUT2D eigenvalue weighted by molar-refractivity contribution is 7.71. The molecular weight excluding hydrogens is 308 g/mol. The standard InChI is InChI=1S/C18H14N2O2S/c1-21-15-9-5-3-7-12(15)16-19-17-13(18(23)20-16)10-11-6-2-4-8-14(11)22-17/h2-9H,10H2,1H3,(H,19,20,23). The maximum atomic E-state index is 5.99. The molecule has 0 aliphatic carbocycles. The summed E-state index contributed by atoms with van der Waals surface area (Å²) in [6.45, 7) is 0. The minimum absolute atomic E-state index is 0.550. The van der Waals surface area contributed by atoms with Crippen LogP contribution in [0.2, 0.25) is 0 Å². The van der Waals surface area contributed by atoms with Crippen LogP contribution in [0.15, 0.2) is 48.5 Å². The fraction of sp³-hybridized carbons (Fsp3) is 0.111. The van der Waals surface area contributed by atoms with E-state index >= 15 is 0 Å². The molecule has 0 unspecified atom stereocenters. The van der Waals surface area contributed by atoms with Crippen molar-refractivity contribution in [3.8, 4) is 28.8 Å². The third-order valence-electron chi connectivity index (χ3n) is 3.89. The molecule has 0 radical (unpaired) electrons. The molecule has 4 rings (SSSR count). The summed E-state index contributed by atoms with van der Waals surface area (Å²) in [5, 5.41) is 0. The van der Waals surface area contributed by atoms with Gasteiger partial charge in [-0.3, -0.25) is 0 Å². The first-order chi connectivity index (χ1) is 11.3. The number of nitrogens with one attached hydrogen (secondary N) is 1. The number of hydrogen-bond acceptors (Lipinski definition) is 4. The second-order valence-electron chi connectivity index (χ2n) is 5.29. The van der Waals surface area contributed by atoms with Gasteiger partial charge in [0.1, 0.15) is 22.0 Å². The van der Waals surface area contributed by atoms with Crippen LogP contribution in [0.3, 0.4) is 0 Å². The van der Waals surface area contributed by atoms with E-state index in [2.05, 4.69) is 9.97 Å². The van der Waals surface area contributed by atoms with Crippen LogP contribution in [0.4, 0.5) is 0 Å². The average molecular weight is 322 g/mol. The molecular formula is C18H14N2O2S. The van der Waals surface area contributed by atoms with E-state index in [0.29, 0.717) is 16.3 Å². The monoisotopic (exact) mass is 322 g/mol. The number of hydrogen-bond donors (Lipinski definition) is 1. The highest BCUT2D eigenvalue weighted by Gasteiger charge is 2.20. The SMILES string of the molecule is COc1ccccc1-c1nc(=S)c2c([nH]1)Oc1ccccc1C2. The third kappa shape index (κ3) is 2.39. The zero-order valence-corrected chi connectivity index (χ0v) is 13.3. The fourth-order valence-corrected chi connectivity index (χ4v) is 2.99. The van der Waals surface area contributed by atoms with Crippen molar-refractivity contribution in [2.75, 3.05) is 7.11 Å². The van der Waals surface area contributed by atoms with Gasteiger partial charge in [0.15, 0.2) is 0 Å². The molecule has 0 spiro atoms. The van der Waals surface area contributed by atoms with E-state index in [1.54, 1.807) is 7.11 Å². The van der Waals surface area contributed by atoms with Crippen molar-refractivity contribution in [3.63, 3.8) is 0 Å². The Morgan fingerprint density at radius 3 is 2.78 bits per heavy atom. The minimum Gasteiger partial charge on any atom is -0.496 e. The van der Waals surface area contributed by atoms with Gasteiger partial charge in [0.25, 0.3) is 0 Å². The Balaban J connectivity index is 1.85. The molecule has 0 atom stereocenters.